The molecule has 0 aliphatic rings. The lowest BCUT2D eigenvalue weighted by Crippen LogP contribution is -1.92. The van der Waals surface area contributed by atoms with Gasteiger partial charge in [0, 0.05) is 5.56 Å². The quantitative estimate of drug-likeness (QED) is 0.750. The van der Waals surface area contributed by atoms with Gasteiger partial charge in [0.15, 0.2) is 0 Å². The van der Waals surface area contributed by atoms with Crippen LogP contribution in [0.1, 0.15) is 28.4 Å². The molecular weight excluding hydrogens is 224 g/mol. The summed E-state index contributed by atoms with van der Waals surface area (Å²) in [5.74, 6) is 1.64. The third-order valence-electron chi connectivity index (χ3n) is 2.95. The molecule has 2 rings (SSSR count). The first-order valence-electron chi connectivity index (χ1n) is 6.06. The summed E-state index contributed by atoms with van der Waals surface area (Å²) in [6.45, 7) is 4.01. The third kappa shape index (κ3) is 2.59. The summed E-state index contributed by atoms with van der Waals surface area (Å²) in [6, 6.07) is 13.5. The summed E-state index contributed by atoms with van der Waals surface area (Å²) in [7, 11) is 0. The first-order valence-corrected chi connectivity index (χ1v) is 6.06. The average Bonchev–Trinajstić information content (AvgIpc) is 2.39. The van der Waals surface area contributed by atoms with E-state index in [0.717, 1.165) is 29.8 Å². The van der Waals surface area contributed by atoms with Crippen LogP contribution in [0.3, 0.4) is 0 Å². The molecule has 0 N–H and O–H groups in total. The summed E-state index contributed by atoms with van der Waals surface area (Å²) < 4.78 is 5.86. The molecule has 0 amide bonds. The molecular formula is C16H16O2. The molecule has 2 aromatic carbocycles. The van der Waals surface area contributed by atoms with Gasteiger partial charge >= 0.3 is 0 Å². The van der Waals surface area contributed by atoms with Crippen molar-refractivity contribution in [3.63, 3.8) is 0 Å². The first-order chi connectivity index (χ1) is 8.74. The van der Waals surface area contributed by atoms with E-state index in [4.69, 9.17) is 4.74 Å². The minimum atomic E-state index is 0.700. The van der Waals surface area contributed by atoms with Gasteiger partial charge in [-0.1, -0.05) is 25.1 Å². The van der Waals surface area contributed by atoms with Crippen molar-refractivity contribution in [2.75, 3.05) is 0 Å². The molecule has 2 nitrogen and oxygen atoms in total. The van der Waals surface area contributed by atoms with Crippen LogP contribution in [0.15, 0.2) is 42.5 Å². The van der Waals surface area contributed by atoms with Crippen molar-refractivity contribution in [3.8, 4) is 11.5 Å². The molecule has 2 heteroatoms. The van der Waals surface area contributed by atoms with Gasteiger partial charge in [-0.3, -0.25) is 4.79 Å². The van der Waals surface area contributed by atoms with E-state index < -0.39 is 0 Å². The Hall–Kier alpha value is -2.09. The van der Waals surface area contributed by atoms with Gasteiger partial charge in [0.1, 0.15) is 17.8 Å². The Kier molecular flexibility index (Phi) is 3.78. The van der Waals surface area contributed by atoms with Gasteiger partial charge in [-0.2, -0.15) is 0 Å². The number of para-hydroxylation sites is 1. The average molecular weight is 240 g/mol. The van der Waals surface area contributed by atoms with Crippen LogP contribution in [0.5, 0.6) is 11.5 Å². The number of carbonyl (C=O) groups excluding carboxylic acids is 1. The number of rotatable bonds is 4. The van der Waals surface area contributed by atoms with Gasteiger partial charge < -0.3 is 4.74 Å². The van der Waals surface area contributed by atoms with Crippen LogP contribution < -0.4 is 4.74 Å². The van der Waals surface area contributed by atoms with Crippen molar-refractivity contribution >= 4 is 6.29 Å². The first kappa shape index (κ1) is 12.4. The lowest BCUT2D eigenvalue weighted by atomic mass is 10.1. The molecule has 0 aliphatic heterocycles. The molecule has 0 aliphatic carbocycles. The second-order valence-corrected chi connectivity index (χ2v) is 4.20. The van der Waals surface area contributed by atoms with E-state index in [-0.39, 0.29) is 0 Å². The Balaban J connectivity index is 2.28. The molecule has 0 heterocycles. The molecule has 0 saturated heterocycles. The van der Waals surface area contributed by atoms with Crippen LogP contribution in [0.25, 0.3) is 0 Å². The maximum Gasteiger partial charge on any atom is 0.150 e. The molecule has 0 saturated carbocycles. The second-order valence-electron chi connectivity index (χ2n) is 4.20. The van der Waals surface area contributed by atoms with E-state index >= 15 is 0 Å². The van der Waals surface area contributed by atoms with Crippen LogP contribution in [-0.4, -0.2) is 6.29 Å². The number of hydrogen-bond acceptors (Lipinski definition) is 2. The molecule has 0 spiro atoms. The fourth-order valence-corrected chi connectivity index (χ4v) is 1.87. The van der Waals surface area contributed by atoms with Gasteiger partial charge in [0.25, 0.3) is 0 Å². The molecule has 0 atom stereocenters. The minimum absolute atomic E-state index is 0.700. The predicted octanol–water partition coefficient (Wildman–Crippen LogP) is 4.16. The normalized spacial score (nSPS) is 10.1. The van der Waals surface area contributed by atoms with E-state index in [1.165, 1.54) is 5.56 Å². The molecule has 0 fully saturated rings. The molecule has 0 bridgehead atoms. The van der Waals surface area contributed by atoms with E-state index in [9.17, 15) is 4.79 Å². The van der Waals surface area contributed by atoms with E-state index in [2.05, 4.69) is 13.0 Å². The number of ether oxygens (including phenoxy) is 1. The highest BCUT2D eigenvalue weighted by Gasteiger charge is 2.04. The summed E-state index contributed by atoms with van der Waals surface area (Å²) >= 11 is 0. The zero-order chi connectivity index (χ0) is 13.0. The van der Waals surface area contributed by atoms with Crippen molar-refractivity contribution in [2.24, 2.45) is 0 Å². The van der Waals surface area contributed by atoms with Crippen molar-refractivity contribution in [1.82, 2.24) is 0 Å². The molecule has 0 radical (unpaired) electrons. The fourth-order valence-electron chi connectivity index (χ4n) is 1.87. The standard InChI is InChI=1S/C16H16O2/c1-3-13-6-4-5-7-16(13)18-15-9-8-14(11-17)12(2)10-15/h4-11H,3H2,1-2H3. The Morgan fingerprint density at radius 1 is 1.17 bits per heavy atom. The number of hydrogen-bond donors (Lipinski definition) is 0. The van der Waals surface area contributed by atoms with Crippen molar-refractivity contribution in [1.29, 1.82) is 0 Å². The van der Waals surface area contributed by atoms with E-state index in [0.29, 0.717) is 5.56 Å². The second kappa shape index (κ2) is 5.50. The Morgan fingerprint density at radius 2 is 1.94 bits per heavy atom. The van der Waals surface area contributed by atoms with Gasteiger partial charge in [-0.05, 0) is 48.7 Å². The van der Waals surface area contributed by atoms with Crippen LogP contribution in [0.2, 0.25) is 0 Å². The van der Waals surface area contributed by atoms with Crippen LogP contribution in [-0.2, 0) is 6.42 Å². The highest BCUT2D eigenvalue weighted by Crippen LogP contribution is 2.26. The zero-order valence-corrected chi connectivity index (χ0v) is 10.6. The van der Waals surface area contributed by atoms with Gasteiger partial charge in [-0.25, -0.2) is 0 Å². The van der Waals surface area contributed by atoms with Crippen LogP contribution in [0, 0.1) is 6.92 Å². The SMILES string of the molecule is CCc1ccccc1Oc1ccc(C=O)c(C)c1. The highest BCUT2D eigenvalue weighted by atomic mass is 16.5. The lowest BCUT2D eigenvalue weighted by molar-refractivity contribution is 0.112. The summed E-state index contributed by atoms with van der Waals surface area (Å²) in [6.07, 6.45) is 1.79. The topological polar surface area (TPSA) is 26.3 Å². The number of benzene rings is 2. The van der Waals surface area contributed by atoms with Crippen LogP contribution in [0.4, 0.5) is 0 Å². The fraction of sp³-hybridized carbons (Fsp3) is 0.188. The Labute approximate surface area is 107 Å². The van der Waals surface area contributed by atoms with Crippen LogP contribution >= 0.6 is 0 Å². The third-order valence-corrected chi connectivity index (χ3v) is 2.95. The van der Waals surface area contributed by atoms with Gasteiger partial charge in [0.2, 0.25) is 0 Å². The summed E-state index contributed by atoms with van der Waals surface area (Å²) in [5, 5.41) is 0. The van der Waals surface area contributed by atoms with Gasteiger partial charge in [0.05, 0.1) is 0 Å². The van der Waals surface area contributed by atoms with E-state index in [1.807, 2.05) is 37.3 Å². The van der Waals surface area contributed by atoms with Crippen molar-refractivity contribution in [3.05, 3.63) is 59.2 Å². The Morgan fingerprint density at radius 3 is 2.61 bits per heavy atom. The maximum atomic E-state index is 10.8. The molecule has 18 heavy (non-hydrogen) atoms. The molecule has 0 unspecified atom stereocenters. The van der Waals surface area contributed by atoms with E-state index in [1.54, 1.807) is 6.07 Å². The largest absolute Gasteiger partial charge is 0.457 e. The summed E-state index contributed by atoms with van der Waals surface area (Å²) in [5.41, 5.74) is 2.80. The zero-order valence-electron chi connectivity index (χ0n) is 10.6. The number of carbonyl (C=O) groups is 1. The predicted molar refractivity (Wildman–Crippen MR) is 72.5 cm³/mol. The summed E-state index contributed by atoms with van der Waals surface area (Å²) in [4.78, 5) is 10.8. The molecule has 0 aromatic heterocycles. The van der Waals surface area contributed by atoms with Crippen molar-refractivity contribution in [2.45, 2.75) is 20.3 Å². The monoisotopic (exact) mass is 240 g/mol. The number of aryl methyl sites for hydroxylation is 2. The Bertz CT molecular complexity index is 559. The minimum Gasteiger partial charge on any atom is -0.457 e. The highest BCUT2D eigenvalue weighted by molar-refractivity contribution is 5.77. The molecule has 92 valence electrons. The van der Waals surface area contributed by atoms with Crippen molar-refractivity contribution < 1.29 is 9.53 Å². The number of aldehydes is 1. The smallest absolute Gasteiger partial charge is 0.150 e. The van der Waals surface area contributed by atoms with Gasteiger partial charge in [-0.15, -0.1) is 0 Å². The lowest BCUT2D eigenvalue weighted by Gasteiger charge is -2.10. The molecule has 2 aromatic rings. The maximum absolute atomic E-state index is 10.8.